The second-order valence-corrected chi connectivity index (χ2v) is 7.59. The Morgan fingerprint density at radius 2 is 1.82 bits per heavy atom. The number of hydrogen-bond acceptors (Lipinski definition) is 7. The number of anilines is 2. The van der Waals surface area contributed by atoms with Gasteiger partial charge in [0.05, 0.1) is 11.0 Å². The molecule has 5 N–H and O–H groups in total. The van der Waals surface area contributed by atoms with Crippen molar-refractivity contribution in [2.45, 2.75) is 45.1 Å². The maximum Gasteiger partial charge on any atom is 0.332 e. The first kappa shape index (κ1) is 20.0. The van der Waals surface area contributed by atoms with Gasteiger partial charge in [-0.3, -0.25) is 10.1 Å². The summed E-state index contributed by atoms with van der Waals surface area (Å²) in [4.78, 5) is 19.7. The summed E-state index contributed by atoms with van der Waals surface area (Å²) < 4.78 is 0. The molecule has 0 amide bonds. The predicted octanol–water partition coefficient (Wildman–Crippen LogP) is 3.45. The third-order valence-corrected chi connectivity index (χ3v) is 5.59. The van der Waals surface area contributed by atoms with Crippen LogP contribution in [0.25, 0.3) is 0 Å². The van der Waals surface area contributed by atoms with Crippen LogP contribution in [0.4, 0.5) is 17.5 Å². The summed E-state index contributed by atoms with van der Waals surface area (Å²) in [5.41, 5.74) is 13.0. The van der Waals surface area contributed by atoms with Gasteiger partial charge in [0.15, 0.2) is 0 Å². The van der Waals surface area contributed by atoms with Crippen molar-refractivity contribution in [2.75, 3.05) is 17.6 Å². The monoisotopic (exact) mass is 384 g/mol. The quantitative estimate of drug-likeness (QED) is 0.492. The zero-order valence-electron chi connectivity index (χ0n) is 16.2. The van der Waals surface area contributed by atoms with Crippen LogP contribution in [-0.4, -0.2) is 21.4 Å². The number of nitrogens with two attached hydrogens (primary N) is 2. The Labute approximate surface area is 164 Å². The number of aromatic nitrogens is 2. The van der Waals surface area contributed by atoms with Crippen molar-refractivity contribution < 1.29 is 4.92 Å². The van der Waals surface area contributed by atoms with Crippen LogP contribution in [0.2, 0.25) is 0 Å². The minimum absolute atomic E-state index is 0.0464. The van der Waals surface area contributed by atoms with E-state index in [1.807, 2.05) is 37.3 Å². The van der Waals surface area contributed by atoms with Crippen molar-refractivity contribution in [3.8, 4) is 0 Å². The van der Waals surface area contributed by atoms with Crippen LogP contribution in [0, 0.1) is 22.0 Å². The van der Waals surface area contributed by atoms with Crippen molar-refractivity contribution >= 4 is 17.5 Å². The molecule has 0 aliphatic heterocycles. The number of nitrogens with one attached hydrogen (secondary N) is 1. The molecule has 0 saturated heterocycles. The SMILES string of the molecule is C[C@H](Nc1nc(N)c([N+](=O)[O-])c(CC2CCC(CN)CC2)n1)c1ccccc1. The molecule has 0 unspecified atom stereocenters. The first-order valence-electron chi connectivity index (χ1n) is 9.80. The number of hydrogen-bond donors (Lipinski definition) is 3. The smallest absolute Gasteiger partial charge is 0.332 e. The first-order valence-corrected chi connectivity index (χ1v) is 9.80. The van der Waals surface area contributed by atoms with E-state index in [0.29, 0.717) is 36.4 Å². The lowest BCUT2D eigenvalue weighted by atomic mass is 9.80. The van der Waals surface area contributed by atoms with Crippen molar-refractivity contribution in [1.82, 2.24) is 9.97 Å². The molecule has 0 spiro atoms. The molecule has 0 bridgehead atoms. The largest absolute Gasteiger partial charge is 0.378 e. The molecule has 0 radical (unpaired) electrons. The van der Waals surface area contributed by atoms with E-state index in [1.54, 1.807) is 0 Å². The van der Waals surface area contributed by atoms with E-state index >= 15 is 0 Å². The molecule has 8 nitrogen and oxygen atoms in total. The molecule has 1 fully saturated rings. The maximum atomic E-state index is 11.5. The van der Waals surface area contributed by atoms with Crippen LogP contribution in [0.3, 0.4) is 0 Å². The summed E-state index contributed by atoms with van der Waals surface area (Å²) in [5.74, 6) is 1.15. The lowest BCUT2D eigenvalue weighted by Crippen LogP contribution is -2.23. The number of nitro groups is 1. The van der Waals surface area contributed by atoms with E-state index < -0.39 is 4.92 Å². The highest BCUT2D eigenvalue weighted by Gasteiger charge is 2.28. The number of nitrogen functional groups attached to an aromatic ring is 1. The van der Waals surface area contributed by atoms with Gasteiger partial charge in [-0.05, 0) is 63.0 Å². The molecule has 1 aromatic heterocycles. The molecule has 1 aliphatic rings. The topological polar surface area (TPSA) is 133 Å². The Hall–Kier alpha value is -2.74. The van der Waals surface area contributed by atoms with Crippen LogP contribution < -0.4 is 16.8 Å². The molecule has 150 valence electrons. The van der Waals surface area contributed by atoms with Crippen molar-refractivity contribution in [3.63, 3.8) is 0 Å². The third-order valence-electron chi connectivity index (χ3n) is 5.59. The van der Waals surface area contributed by atoms with Gasteiger partial charge in [0.2, 0.25) is 11.8 Å². The second kappa shape index (κ2) is 8.97. The molecule has 1 saturated carbocycles. The highest BCUT2D eigenvalue weighted by atomic mass is 16.6. The molecule has 28 heavy (non-hydrogen) atoms. The number of benzene rings is 1. The maximum absolute atomic E-state index is 11.5. The summed E-state index contributed by atoms with van der Waals surface area (Å²) in [5, 5.41) is 14.8. The van der Waals surface area contributed by atoms with Crippen molar-refractivity contribution in [3.05, 3.63) is 51.7 Å². The van der Waals surface area contributed by atoms with E-state index in [-0.39, 0.29) is 17.5 Å². The zero-order valence-corrected chi connectivity index (χ0v) is 16.2. The molecular formula is C20H28N6O2. The summed E-state index contributed by atoms with van der Waals surface area (Å²) in [6.07, 6.45) is 4.67. The average Bonchev–Trinajstić information content (AvgIpc) is 2.68. The fourth-order valence-electron chi connectivity index (χ4n) is 3.89. The summed E-state index contributed by atoms with van der Waals surface area (Å²) >= 11 is 0. The third kappa shape index (κ3) is 4.75. The van der Waals surface area contributed by atoms with Crippen molar-refractivity contribution in [2.24, 2.45) is 17.6 Å². The van der Waals surface area contributed by atoms with E-state index in [0.717, 1.165) is 31.2 Å². The van der Waals surface area contributed by atoms with Crippen LogP contribution >= 0.6 is 0 Å². The van der Waals surface area contributed by atoms with Gasteiger partial charge in [-0.25, -0.2) is 4.98 Å². The van der Waals surface area contributed by atoms with Gasteiger partial charge in [-0.15, -0.1) is 0 Å². The van der Waals surface area contributed by atoms with Crippen molar-refractivity contribution in [1.29, 1.82) is 0 Å². The molecular weight excluding hydrogens is 356 g/mol. The minimum Gasteiger partial charge on any atom is -0.378 e. The summed E-state index contributed by atoms with van der Waals surface area (Å²) in [6.45, 7) is 2.70. The normalized spacial score (nSPS) is 20.5. The lowest BCUT2D eigenvalue weighted by molar-refractivity contribution is -0.385. The Morgan fingerprint density at radius 1 is 1.18 bits per heavy atom. The van der Waals surface area contributed by atoms with E-state index in [2.05, 4.69) is 15.3 Å². The fraction of sp³-hybridized carbons (Fsp3) is 0.500. The molecule has 1 heterocycles. The number of rotatable bonds is 7. The molecule has 1 atom stereocenters. The zero-order chi connectivity index (χ0) is 20.1. The Bertz CT molecular complexity index is 806. The van der Waals surface area contributed by atoms with Gasteiger partial charge in [-0.2, -0.15) is 4.98 Å². The molecule has 1 aromatic carbocycles. The van der Waals surface area contributed by atoms with E-state index in [4.69, 9.17) is 11.5 Å². The summed E-state index contributed by atoms with van der Waals surface area (Å²) in [6, 6.07) is 9.83. The first-order chi connectivity index (χ1) is 13.5. The standard InChI is InChI=1S/C20H28N6O2/c1-13(16-5-3-2-4-6-16)23-20-24-17(18(26(27)28)19(22)25-20)11-14-7-9-15(12-21)10-8-14/h2-6,13-15H,7-12,21H2,1H3,(H3,22,23,24,25)/t13-,14?,15?/m0/s1. The van der Waals surface area contributed by atoms with Gasteiger partial charge in [0.1, 0.15) is 5.69 Å². The highest BCUT2D eigenvalue weighted by molar-refractivity contribution is 5.58. The lowest BCUT2D eigenvalue weighted by Gasteiger charge is -2.27. The second-order valence-electron chi connectivity index (χ2n) is 7.59. The highest BCUT2D eigenvalue weighted by Crippen LogP contribution is 2.34. The van der Waals surface area contributed by atoms with Crippen LogP contribution in [0.5, 0.6) is 0 Å². The minimum atomic E-state index is -0.472. The molecule has 1 aliphatic carbocycles. The van der Waals surface area contributed by atoms with E-state index in [1.165, 1.54) is 0 Å². The van der Waals surface area contributed by atoms with Gasteiger partial charge in [0.25, 0.3) is 0 Å². The number of nitrogens with zero attached hydrogens (tertiary/aromatic N) is 3. The van der Waals surface area contributed by atoms with Crippen LogP contribution in [0.15, 0.2) is 30.3 Å². The fourth-order valence-corrected chi connectivity index (χ4v) is 3.89. The van der Waals surface area contributed by atoms with Crippen LogP contribution in [0.1, 0.15) is 49.9 Å². The van der Waals surface area contributed by atoms with Gasteiger partial charge in [-0.1, -0.05) is 30.3 Å². The Balaban J connectivity index is 1.80. The molecule has 2 aromatic rings. The van der Waals surface area contributed by atoms with Crippen LogP contribution in [-0.2, 0) is 6.42 Å². The van der Waals surface area contributed by atoms with Gasteiger partial charge >= 0.3 is 5.69 Å². The Kier molecular flexibility index (Phi) is 6.41. The van der Waals surface area contributed by atoms with E-state index in [9.17, 15) is 10.1 Å². The van der Waals surface area contributed by atoms with Gasteiger partial charge in [0, 0.05) is 0 Å². The summed E-state index contributed by atoms with van der Waals surface area (Å²) in [7, 11) is 0. The molecule has 3 rings (SSSR count). The van der Waals surface area contributed by atoms with Gasteiger partial charge < -0.3 is 16.8 Å². The molecule has 8 heteroatoms. The average molecular weight is 384 g/mol. The Morgan fingerprint density at radius 3 is 2.43 bits per heavy atom. The predicted molar refractivity (Wildman–Crippen MR) is 110 cm³/mol.